The second-order valence-corrected chi connectivity index (χ2v) is 7.28. The highest BCUT2D eigenvalue weighted by Gasteiger charge is 2.37. The predicted octanol–water partition coefficient (Wildman–Crippen LogP) is 2.49. The first-order valence-corrected chi connectivity index (χ1v) is 9.69. The molecule has 2 fully saturated rings. The van der Waals surface area contributed by atoms with Crippen LogP contribution in [-0.4, -0.2) is 58.4 Å². The number of nitrogens with zero attached hydrogens (tertiary/aromatic N) is 2. The van der Waals surface area contributed by atoms with Crippen LogP contribution in [0.5, 0.6) is 0 Å². The van der Waals surface area contributed by atoms with Crippen LogP contribution >= 0.6 is 11.8 Å². The molecule has 2 aliphatic rings. The molecule has 0 aromatic heterocycles. The van der Waals surface area contributed by atoms with Gasteiger partial charge in [0.15, 0.2) is 0 Å². The molecule has 1 aromatic rings. The number of benzene rings is 1. The fourth-order valence-electron chi connectivity index (χ4n) is 3.29. The van der Waals surface area contributed by atoms with Gasteiger partial charge < -0.3 is 10.2 Å². The van der Waals surface area contributed by atoms with E-state index < -0.39 is 0 Å². The van der Waals surface area contributed by atoms with E-state index in [0.717, 1.165) is 24.6 Å². The largest absolute Gasteiger partial charge is 0.338 e. The smallest absolute Gasteiger partial charge is 0.317 e. The van der Waals surface area contributed by atoms with Crippen LogP contribution in [0.4, 0.5) is 9.59 Å². The molecule has 1 aromatic carbocycles. The third kappa shape index (κ3) is 4.54. The van der Waals surface area contributed by atoms with Crippen molar-refractivity contribution in [2.45, 2.75) is 31.7 Å². The van der Waals surface area contributed by atoms with E-state index in [1.54, 1.807) is 4.90 Å². The van der Waals surface area contributed by atoms with Gasteiger partial charge in [-0.25, -0.2) is 4.79 Å². The first-order chi connectivity index (χ1) is 12.1. The van der Waals surface area contributed by atoms with Crippen molar-refractivity contribution in [3.63, 3.8) is 0 Å². The Labute approximate surface area is 151 Å². The minimum absolute atomic E-state index is 0.0556. The SMILES string of the molecule is O=C(NCCCc1ccccc1)N1CCC(N2C(=O)CSC2=O)CC1. The summed E-state index contributed by atoms with van der Waals surface area (Å²) in [5.74, 6) is 0.153. The number of aryl methyl sites for hydroxylation is 1. The van der Waals surface area contributed by atoms with Crippen molar-refractivity contribution < 1.29 is 14.4 Å². The molecule has 2 aliphatic heterocycles. The number of carbonyl (C=O) groups is 3. The fraction of sp³-hybridized carbons (Fsp3) is 0.500. The van der Waals surface area contributed by atoms with Gasteiger partial charge in [0.05, 0.1) is 5.75 Å². The highest BCUT2D eigenvalue weighted by Crippen LogP contribution is 2.26. The number of rotatable bonds is 5. The molecule has 2 heterocycles. The maximum atomic E-state index is 12.2. The van der Waals surface area contributed by atoms with Gasteiger partial charge in [0.25, 0.3) is 5.24 Å². The molecular weight excluding hydrogens is 338 g/mol. The molecule has 0 atom stereocenters. The van der Waals surface area contributed by atoms with Crippen molar-refractivity contribution >= 4 is 28.9 Å². The number of hydrogen-bond donors (Lipinski definition) is 1. The molecule has 0 aliphatic carbocycles. The van der Waals surface area contributed by atoms with Crippen molar-refractivity contribution in [3.05, 3.63) is 35.9 Å². The maximum absolute atomic E-state index is 12.2. The topological polar surface area (TPSA) is 69.7 Å². The van der Waals surface area contributed by atoms with Gasteiger partial charge in [-0.3, -0.25) is 14.5 Å². The Morgan fingerprint density at radius 3 is 2.52 bits per heavy atom. The van der Waals surface area contributed by atoms with E-state index in [-0.39, 0.29) is 29.0 Å². The minimum Gasteiger partial charge on any atom is -0.338 e. The Balaban J connectivity index is 1.37. The lowest BCUT2D eigenvalue weighted by Crippen LogP contribution is -2.50. The van der Waals surface area contributed by atoms with E-state index in [0.29, 0.717) is 32.5 Å². The Kier molecular flexibility index (Phi) is 5.96. The molecule has 134 valence electrons. The Morgan fingerprint density at radius 2 is 1.88 bits per heavy atom. The average molecular weight is 361 g/mol. The molecule has 3 rings (SSSR count). The number of carbonyl (C=O) groups excluding carboxylic acids is 3. The van der Waals surface area contributed by atoms with Crippen molar-refractivity contribution in [3.8, 4) is 0 Å². The summed E-state index contributed by atoms with van der Waals surface area (Å²) in [6.45, 7) is 1.81. The molecule has 0 spiro atoms. The maximum Gasteiger partial charge on any atom is 0.317 e. The third-order valence-electron chi connectivity index (χ3n) is 4.66. The van der Waals surface area contributed by atoms with Crippen LogP contribution in [0, 0.1) is 0 Å². The normalized spacial score (nSPS) is 18.7. The monoisotopic (exact) mass is 361 g/mol. The van der Waals surface area contributed by atoms with Crippen LogP contribution in [0.2, 0.25) is 0 Å². The zero-order valence-corrected chi connectivity index (χ0v) is 15.0. The molecule has 0 unspecified atom stereocenters. The van der Waals surface area contributed by atoms with Gasteiger partial charge in [0.2, 0.25) is 5.91 Å². The number of hydrogen-bond acceptors (Lipinski definition) is 4. The second-order valence-electron chi connectivity index (χ2n) is 6.36. The Bertz CT molecular complexity index is 614. The molecule has 4 amide bonds. The summed E-state index contributed by atoms with van der Waals surface area (Å²) in [6.07, 6.45) is 3.17. The van der Waals surface area contributed by atoms with E-state index in [2.05, 4.69) is 17.4 Å². The zero-order valence-electron chi connectivity index (χ0n) is 14.1. The van der Waals surface area contributed by atoms with Gasteiger partial charge in [-0.15, -0.1) is 0 Å². The van der Waals surface area contributed by atoms with Crippen LogP contribution < -0.4 is 5.32 Å². The van der Waals surface area contributed by atoms with E-state index >= 15 is 0 Å². The van der Waals surface area contributed by atoms with Crippen LogP contribution in [-0.2, 0) is 11.2 Å². The van der Waals surface area contributed by atoms with Crippen LogP contribution in [0.1, 0.15) is 24.8 Å². The minimum atomic E-state index is -0.145. The summed E-state index contributed by atoms with van der Waals surface area (Å²) in [5, 5.41) is 2.82. The van der Waals surface area contributed by atoms with Gasteiger partial charge in [0, 0.05) is 25.7 Å². The Morgan fingerprint density at radius 1 is 1.16 bits per heavy atom. The fourth-order valence-corrected chi connectivity index (χ4v) is 4.06. The first kappa shape index (κ1) is 17.8. The number of amides is 4. The van der Waals surface area contributed by atoms with Crippen LogP contribution in [0.3, 0.4) is 0 Å². The molecule has 0 saturated carbocycles. The van der Waals surface area contributed by atoms with Crippen molar-refractivity contribution in [1.29, 1.82) is 0 Å². The third-order valence-corrected chi connectivity index (χ3v) is 5.50. The molecule has 7 heteroatoms. The summed E-state index contributed by atoms with van der Waals surface area (Å²) < 4.78 is 0. The number of thioether (sulfide) groups is 1. The van der Waals surface area contributed by atoms with Gasteiger partial charge in [-0.05, 0) is 31.2 Å². The lowest BCUT2D eigenvalue weighted by Gasteiger charge is -2.35. The lowest BCUT2D eigenvalue weighted by molar-refractivity contribution is -0.126. The summed E-state index contributed by atoms with van der Waals surface area (Å²) in [6, 6.07) is 10.1. The molecule has 6 nitrogen and oxygen atoms in total. The van der Waals surface area contributed by atoms with E-state index in [9.17, 15) is 14.4 Å². The Hall–Kier alpha value is -2.02. The predicted molar refractivity (Wildman–Crippen MR) is 97.5 cm³/mol. The average Bonchev–Trinajstić information content (AvgIpc) is 2.98. The second kappa shape index (κ2) is 8.38. The molecule has 1 N–H and O–H groups in total. The van der Waals surface area contributed by atoms with Gasteiger partial charge in [-0.2, -0.15) is 0 Å². The number of nitrogens with one attached hydrogen (secondary N) is 1. The van der Waals surface area contributed by atoms with E-state index in [1.165, 1.54) is 10.5 Å². The summed E-state index contributed by atoms with van der Waals surface area (Å²) in [7, 11) is 0. The molecule has 2 saturated heterocycles. The quantitative estimate of drug-likeness (QED) is 0.818. The highest BCUT2D eigenvalue weighted by molar-refractivity contribution is 8.14. The standard InChI is InChI=1S/C18H23N3O3S/c22-16-13-25-18(24)21(16)15-8-11-20(12-9-15)17(23)19-10-4-7-14-5-2-1-3-6-14/h1-3,5-6,15H,4,7-13H2,(H,19,23). The number of piperidine rings is 1. The molecule has 25 heavy (non-hydrogen) atoms. The number of urea groups is 1. The molecule has 0 bridgehead atoms. The van der Waals surface area contributed by atoms with Gasteiger partial charge in [-0.1, -0.05) is 42.1 Å². The van der Waals surface area contributed by atoms with Crippen molar-refractivity contribution in [2.24, 2.45) is 0 Å². The van der Waals surface area contributed by atoms with E-state index in [4.69, 9.17) is 0 Å². The van der Waals surface area contributed by atoms with E-state index in [1.807, 2.05) is 18.2 Å². The van der Waals surface area contributed by atoms with Crippen LogP contribution in [0.15, 0.2) is 30.3 Å². The highest BCUT2D eigenvalue weighted by atomic mass is 32.2. The van der Waals surface area contributed by atoms with Gasteiger partial charge in [0.1, 0.15) is 0 Å². The number of likely N-dealkylation sites (tertiary alicyclic amines) is 1. The summed E-state index contributed by atoms with van der Waals surface area (Å²) in [4.78, 5) is 38.9. The van der Waals surface area contributed by atoms with Gasteiger partial charge >= 0.3 is 6.03 Å². The number of imide groups is 1. The van der Waals surface area contributed by atoms with Crippen molar-refractivity contribution in [1.82, 2.24) is 15.1 Å². The zero-order chi connectivity index (χ0) is 17.6. The summed E-state index contributed by atoms with van der Waals surface area (Å²) in [5.41, 5.74) is 1.27. The first-order valence-electron chi connectivity index (χ1n) is 8.70. The summed E-state index contributed by atoms with van der Waals surface area (Å²) >= 11 is 1.07. The molecular formula is C18H23N3O3S. The molecule has 0 radical (unpaired) electrons. The van der Waals surface area contributed by atoms with Crippen molar-refractivity contribution in [2.75, 3.05) is 25.4 Å². The lowest BCUT2D eigenvalue weighted by atomic mass is 10.0. The van der Waals surface area contributed by atoms with Crippen LogP contribution in [0.25, 0.3) is 0 Å².